The molecule has 7 heteroatoms. The smallest absolute Gasteiger partial charge is 0.245 e. The van der Waals surface area contributed by atoms with Crippen molar-refractivity contribution >= 4 is 29.0 Å². The molecule has 0 saturated heterocycles. The van der Waals surface area contributed by atoms with Gasteiger partial charge in [-0.15, -0.1) is 10.2 Å². The molecule has 0 bridgehead atoms. The Morgan fingerprint density at radius 3 is 2.61 bits per heavy atom. The van der Waals surface area contributed by atoms with Crippen LogP contribution in [0.1, 0.15) is 25.7 Å². The minimum atomic E-state index is 0.0734. The zero-order chi connectivity index (χ0) is 13.0. The molecule has 1 aromatic rings. The SMILES string of the molecule is OCC1CCCCC1CNc1nc(Cl)nnc1Cl. The lowest BCUT2D eigenvalue weighted by molar-refractivity contribution is 0.141. The second kappa shape index (κ2) is 6.50. The molecule has 0 aromatic carbocycles. The lowest BCUT2D eigenvalue weighted by Crippen LogP contribution is -2.29. The summed E-state index contributed by atoms with van der Waals surface area (Å²) in [6, 6.07) is 0. The highest BCUT2D eigenvalue weighted by molar-refractivity contribution is 6.32. The molecule has 0 radical (unpaired) electrons. The van der Waals surface area contributed by atoms with Crippen LogP contribution in [0, 0.1) is 11.8 Å². The number of hydrogen-bond donors (Lipinski definition) is 2. The minimum Gasteiger partial charge on any atom is -0.396 e. The van der Waals surface area contributed by atoms with E-state index in [1.165, 1.54) is 12.8 Å². The van der Waals surface area contributed by atoms with Crippen molar-refractivity contribution in [2.24, 2.45) is 11.8 Å². The Bertz CT molecular complexity index is 405. The molecule has 0 aliphatic heterocycles. The fraction of sp³-hybridized carbons (Fsp3) is 0.727. The number of nitrogens with zero attached hydrogens (tertiary/aromatic N) is 3. The lowest BCUT2D eigenvalue weighted by Gasteiger charge is -2.30. The summed E-state index contributed by atoms with van der Waals surface area (Å²) in [5.74, 6) is 1.25. The van der Waals surface area contributed by atoms with Crippen LogP contribution in [0.3, 0.4) is 0 Å². The molecule has 1 aromatic heterocycles. The van der Waals surface area contributed by atoms with E-state index in [2.05, 4.69) is 20.5 Å². The Kier molecular flexibility index (Phi) is 4.97. The maximum atomic E-state index is 9.34. The van der Waals surface area contributed by atoms with Crippen molar-refractivity contribution in [2.45, 2.75) is 25.7 Å². The summed E-state index contributed by atoms with van der Waals surface area (Å²) in [4.78, 5) is 3.99. The van der Waals surface area contributed by atoms with Gasteiger partial charge in [-0.1, -0.05) is 24.4 Å². The number of aliphatic hydroxyl groups is 1. The van der Waals surface area contributed by atoms with E-state index in [4.69, 9.17) is 23.2 Å². The van der Waals surface area contributed by atoms with Crippen LogP contribution in [-0.2, 0) is 0 Å². The van der Waals surface area contributed by atoms with E-state index in [0.717, 1.165) is 19.4 Å². The first-order valence-corrected chi connectivity index (χ1v) is 6.86. The Morgan fingerprint density at radius 1 is 1.17 bits per heavy atom. The maximum absolute atomic E-state index is 9.34. The normalized spacial score (nSPS) is 23.9. The number of aliphatic hydroxyl groups excluding tert-OH is 1. The van der Waals surface area contributed by atoms with Gasteiger partial charge in [-0.25, -0.2) is 0 Å². The van der Waals surface area contributed by atoms with Gasteiger partial charge in [0.05, 0.1) is 0 Å². The van der Waals surface area contributed by atoms with Crippen LogP contribution in [0.4, 0.5) is 5.82 Å². The second-order valence-electron chi connectivity index (χ2n) is 4.59. The largest absolute Gasteiger partial charge is 0.396 e. The van der Waals surface area contributed by atoms with Gasteiger partial charge >= 0.3 is 0 Å². The summed E-state index contributed by atoms with van der Waals surface area (Å²) < 4.78 is 0. The quantitative estimate of drug-likeness (QED) is 0.891. The van der Waals surface area contributed by atoms with E-state index in [1.54, 1.807) is 0 Å². The van der Waals surface area contributed by atoms with E-state index in [9.17, 15) is 5.11 Å². The fourth-order valence-electron chi connectivity index (χ4n) is 2.43. The number of halogens is 2. The van der Waals surface area contributed by atoms with Crippen LogP contribution >= 0.6 is 23.2 Å². The van der Waals surface area contributed by atoms with Crippen molar-refractivity contribution in [3.8, 4) is 0 Å². The molecular weight excluding hydrogens is 275 g/mol. The Labute approximate surface area is 116 Å². The third kappa shape index (κ3) is 3.43. The van der Waals surface area contributed by atoms with Gasteiger partial charge in [-0.2, -0.15) is 4.98 Å². The van der Waals surface area contributed by atoms with Crippen molar-refractivity contribution in [3.63, 3.8) is 0 Å². The number of nitrogens with one attached hydrogen (secondary N) is 1. The maximum Gasteiger partial charge on any atom is 0.245 e. The summed E-state index contributed by atoms with van der Waals surface area (Å²) in [5, 5.41) is 20.0. The van der Waals surface area contributed by atoms with Crippen LogP contribution in [0.2, 0.25) is 10.4 Å². The molecular formula is C11H16Cl2N4O. The average Bonchev–Trinajstić information content (AvgIpc) is 2.40. The molecule has 2 rings (SSSR count). The van der Waals surface area contributed by atoms with Crippen LogP contribution in [0.15, 0.2) is 0 Å². The van der Waals surface area contributed by atoms with Crippen molar-refractivity contribution in [3.05, 3.63) is 10.4 Å². The molecule has 100 valence electrons. The zero-order valence-corrected chi connectivity index (χ0v) is 11.5. The molecule has 1 fully saturated rings. The zero-order valence-electron chi connectivity index (χ0n) is 9.94. The van der Waals surface area contributed by atoms with Crippen LogP contribution in [0.25, 0.3) is 0 Å². The minimum absolute atomic E-state index is 0.0734. The molecule has 2 unspecified atom stereocenters. The fourth-order valence-corrected chi connectivity index (χ4v) is 2.70. The number of hydrogen-bond acceptors (Lipinski definition) is 5. The molecule has 2 atom stereocenters. The standard InChI is InChI=1S/C11H16Cl2N4O/c12-9-10(15-11(13)17-16-9)14-5-7-3-1-2-4-8(7)6-18/h7-8,18H,1-6H2,(H,14,15,17). The Morgan fingerprint density at radius 2 is 1.89 bits per heavy atom. The van der Waals surface area contributed by atoms with Gasteiger partial charge in [-0.3, -0.25) is 0 Å². The molecule has 1 aliphatic carbocycles. The van der Waals surface area contributed by atoms with Gasteiger partial charge < -0.3 is 10.4 Å². The molecule has 1 aliphatic rings. The summed E-state index contributed by atoms with van der Waals surface area (Å²) in [7, 11) is 0. The summed E-state index contributed by atoms with van der Waals surface area (Å²) >= 11 is 11.5. The molecule has 0 amide bonds. The van der Waals surface area contributed by atoms with E-state index in [-0.39, 0.29) is 17.0 Å². The van der Waals surface area contributed by atoms with Crippen molar-refractivity contribution < 1.29 is 5.11 Å². The third-order valence-electron chi connectivity index (χ3n) is 3.45. The van der Waals surface area contributed by atoms with E-state index in [1.807, 2.05) is 0 Å². The average molecular weight is 291 g/mol. The summed E-state index contributed by atoms with van der Waals surface area (Å²) in [6.07, 6.45) is 4.60. The number of anilines is 1. The topological polar surface area (TPSA) is 70.9 Å². The van der Waals surface area contributed by atoms with E-state index >= 15 is 0 Å². The Hall–Kier alpha value is -0.650. The van der Waals surface area contributed by atoms with Gasteiger partial charge in [0.25, 0.3) is 0 Å². The summed E-state index contributed by atoms with van der Waals surface area (Å²) in [5.41, 5.74) is 0. The van der Waals surface area contributed by atoms with Gasteiger partial charge in [0, 0.05) is 13.2 Å². The number of aromatic nitrogens is 3. The first-order chi connectivity index (χ1) is 8.70. The van der Waals surface area contributed by atoms with Crippen molar-refractivity contribution in [1.29, 1.82) is 0 Å². The van der Waals surface area contributed by atoms with Crippen LogP contribution in [0.5, 0.6) is 0 Å². The predicted octanol–water partition coefficient (Wildman–Crippen LogP) is 2.39. The van der Waals surface area contributed by atoms with E-state index < -0.39 is 0 Å². The second-order valence-corrected chi connectivity index (χ2v) is 5.28. The Balaban J connectivity index is 1.95. The van der Waals surface area contributed by atoms with Crippen molar-refractivity contribution in [1.82, 2.24) is 15.2 Å². The molecule has 1 heterocycles. The van der Waals surface area contributed by atoms with Gasteiger partial charge in [-0.05, 0) is 36.3 Å². The molecule has 2 N–H and O–H groups in total. The molecule has 18 heavy (non-hydrogen) atoms. The highest BCUT2D eigenvalue weighted by atomic mass is 35.5. The molecule has 5 nitrogen and oxygen atoms in total. The predicted molar refractivity (Wildman–Crippen MR) is 70.9 cm³/mol. The van der Waals surface area contributed by atoms with Crippen LogP contribution < -0.4 is 5.32 Å². The first-order valence-electron chi connectivity index (χ1n) is 6.11. The first kappa shape index (κ1) is 13.8. The van der Waals surface area contributed by atoms with Gasteiger partial charge in [0.2, 0.25) is 5.28 Å². The highest BCUT2D eigenvalue weighted by Crippen LogP contribution is 2.30. The van der Waals surface area contributed by atoms with Gasteiger partial charge in [0.15, 0.2) is 11.0 Å². The lowest BCUT2D eigenvalue weighted by atomic mass is 9.79. The van der Waals surface area contributed by atoms with Crippen molar-refractivity contribution in [2.75, 3.05) is 18.5 Å². The third-order valence-corrected chi connectivity index (χ3v) is 3.87. The van der Waals surface area contributed by atoms with Gasteiger partial charge in [0.1, 0.15) is 0 Å². The monoisotopic (exact) mass is 290 g/mol. The molecule has 1 saturated carbocycles. The summed E-state index contributed by atoms with van der Waals surface area (Å²) in [6.45, 7) is 0.961. The van der Waals surface area contributed by atoms with E-state index in [0.29, 0.717) is 17.7 Å². The molecule has 0 spiro atoms. The van der Waals surface area contributed by atoms with Crippen LogP contribution in [-0.4, -0.2) is 33.4 Å². The highest BCUT2D eigenvalue weighted by Gasteiger charge is 2.24. The number of rotatable bonds is 4.